The Bertz CT molecular complexity index is 799. The van der Waals surface area contributed by atoms with Crippen LogP contribution in [0.1, 0.15) is 206 Å². The van der Waals surface area contributed by atoms with Gasteiger partial charge in [-0.2, -0.15) is 0 Å². The van der Waals surface area contributed by atoms with Crippen molar-refractivity contribution in [3.63, 3.8) is 0 Å². The molecule has 0 fully saturated rings. The summed E-state index contributed by atoms with van der Waals surface area (Å²) in [7, 11) is -2.63. The summed E-state index contributed by atoms with van der Waals surface area (Å²) in [5.74, 6) is -0.794. The lowest BCUT2D eigenvalue weighted by atomic mass is 10.0. The molecule has 0 spiro atoms. The van der Waals surface area contributed by atoms with E-state index >= 15 is 0 Å². The van der Waals surface area contributed by atoms with Crippen LogP contribution < -0.4 is 5.32 Å². The Kier molecular flexibility index (Phi) is 37.0. The van der Waals surface area contributed by atoms with Crippen LogP contribution in [0.15, 0.2) is 0 Å². The van der Waals surface area contributed by atoms with Gasteiger partial charge in [-0.15, -0.1) is 0 Å². The molecule has 50 heavy (non-hydrogen) atoms. The molecule has 9 nitrogen and oxygen atoms in total. The van der Waals surface area contributed by atoms with Crippen molar-refractivity contribution in [3.05, 3.63) is 0 Å². The lowest BCUT2D eigenvalue weighted by Gasteiger charge is -2.20. The predicted octanol–water partition coefficient (Wildman–Crippen LogP) is 11.5. The summed E-state index contributed by atoms with van der Waals surface area (Å²) in [5.41, 5.74) is 0. The Labute approximate surface area is 308 Å². The van der Waals surface area contributed by atoms with Crippen molar-refractivity contribution in [1.29, 1.82) is 0 Å². The first-order chi connectivity index (χ1) is 24.3. The standard InChI is InChI=1S/C40H80NO8P/c1-4-6-8-10-12-14-16-17-18-19-20-21-23-24-26-28-30-32-39(42)46-36-38(37-48-50(44,45)47-35-34-41-3)49-40(43)33-31-29-27-25-22-15-13-11-9-7-5-2/h38,41H,4-37H2,1-3H3,(H,44,45). The summed E-state index contributed by atoms with van der Waals surface area (Å²) in [6.45, 7) is 4.24. The van der Waals surface area contributed by atoms with E-state index in [0.29, 0.717) is 19.4 Å². The van der Waals surface area contributed by atoms with Crippen molar-refractivity contribution in [3.8, 4) is 0 Å². The van der Waals surface area contributed by atoms with Gasteiger partial charge >= 0.3 is 19.8 Å². The van der Waals surface area contributed by atoms with Crippen molar-refractivity contribution in [2.75, 3.05) is 33.4 Å². The first-order valence-electron chi connectivity index (χ1n) is 21.0. The number of esters is 2. The van der Waals surface area contributed by atoms with Crippen LogP contribution in [-0.2, 0) is 32.7 Å². The molecule has 0 radical (unpaired) electrons. The fourth-order valence-electron chi connectivity index (χ4n) is 6.02. The number of rotatable bonds is 40. The van der Waals surface area contributed by atoms with Crippen LogP contribution in [0.4, 0.5) is 0 Å². The van der Waals surface area contributed by atoms with Gasteiger partial charge in [-0.1, -0.05) is 181 Å². The predicted molar refractivity (Wildman–Crippen MR) is 206 cm³/mol. The topological polar surface area (TPSA) is 120 Å². The molecule has 2 N–H and O–H groups in total. The van der Waals surface area contributed by atoms with E-state index in [0.717, 1.165) is 32.1 Å². The summed E-state index contributed by atoms with van der Waals surface area (Å²) >= 11 is 0. The number of phosphoric ester groups is 1. The first kappa shape index (κ1) is 49.0. The molecular formula is C40H80NO8P. The first-order valence-corrected chi connectivity index (χ1v) is 22.5. The zero-order valence-electron chi connectivity index (χ0n) is 32.9. The molecule has 0 rings (SSSR count). The van der Waals surface area contributed by atoms with Crippen LogP contribution in [0.3, 0.4) is 0 Å². The van der Waals surface area contributed by atoms with Crippen LogP contribution in [-0.4, -0.2) is 56.3 Å². The lowest BCUT2D eigenvalue weighted by molar-refractivity contribution is -0.161. The van der Waals surface area contributed by atoms with Crippen molar-refractivity contribution >= 4 is 19.8 Å². The summed E-state index contributed by atoms with van der Waals surface area (Å²) in [6, 6.07) is 0. The highest BCUT2D eigenvalue weighted by atomic mass is 31.2. The van der Waals surface area contributed by atoms with Gasteiger partial charge in [0, 0.05) is 19.4 Å². The number of nitrogens with one attached hydrogen (secondary N) is 1. The molecule has 0 aliphatic heterocycles. The van der Waals surface area contributed by atoms with Gasteiger partial charge in [0.25, 0.3) is 0 Å². The smallest absolute Gasteiger partial charge is 0.462 e. The van der Waals surface area contributed by atoms with E-state index in [2.05, 4.69) is 19.2 Å². The number of carbonyl (C=O) groups is 2. The number of phosphoric acid groups is 1. The Hall–Kier alpha value is -0.990. The third-order valence-corrected chi connectivity index (χ3v) is 10.2. The molecule has 0 aliphatic rings. The average Bonchev–Trinajstić information content (AvgIpc) is 3.09. The van der Waals surface area contributed by atoms with E-state index in [9.17, 15) is 19.0 Å². The van der Waals surface area contributed by atoms with Gasteiger partial charge in [-0.25, -0.2) is 4.57 Å². The fraction of sp³-hybridized carbons (Fsp3) is 0.950. The molecular weight excluding hydrogens is 653 g/mol. The van der Waals surface area contributed by atoms with Crippen LogP contribution in [0.25, 0.3) is 0 Å². The zero-order valence-corrected chi connectivity index (χ0v) is 33.8. The molecule has 298 valence electrons. The van der Waals surface area contributed by atoms with E-state index < -0.39 is 26.5 Å². The van der Waals surface area contributed by atoms with Gasteiger partial charge in [0.05, 0.1) is 13.2 Å². The van der Waals surface area contributed by atoms with E-state index in [4.69, 9.17) is 18.5 Å². The Morgan fingerprint density at radius 1 is 0.540 bits per heavy atom. The molecule has 0 saturated carbocycles. The second kappa shape index (κ2) is 37.8. The number of likely N-dealkylation sites (N-methyl/N-ethyl adjacent to an activating group) is 1. The van der Waals surface area contributed by atoms with Crippen LogP contribution in [0.2, 0.25) is 0 Å². The normalized spacial score (nSPS) is 13.3. The van der Waals surface area contributed by atoms with Crippen LogP contribution in [0.5, 0.6) is 0 Å². The molecule has 0 saturated heterocycles. The molecule has 0 amide bonds. The summed E-state index contributed by atoms with van der Waals surface area (Å²) in [4.78, 5) is 34.9. The van der Waals surface area contributed by atoms with Gasteiger partial charge in [0.2, 0.25) is 0 Å². The number of unbranched alkanes of at least 4 members (excludes halogenated alkanes) is 26. The average molecular weight is 734 g/mol. The minimum absolute atomic E-state index is 0.0120. The van der Waals surface area contributed by atoms with Crippen molar-refractivity contribution < 1.29 is 37.6 Å². The Morgan fingerprint density at radius 3 is 1.28 bits per heavy atom. The zero-order chi connectivity index (χ0) is 36.8. The maximum atomic E-state index is 12.6. The van der Waals surface area contributed by atoms with Gasteiger partial charge in [-0.3, -0.25) is 18.6 Å². The molecule has 0 bridgehead atoms. The van der Waals surface area contributed by atoms with E-state index in [1.165, 1.54) is 141 Å². The van der Waals surface area contributed by atoms with Crippen LogP contribution >= 0.6 is 7.82 Å². The third kappa shape index (κ3) is 36.8. The summed E-state index contributed by atoms with van der Waals surface area (Å²) in [5, 5.41) is 2.82. The molecule has 2 unspecified atom stereocenters. The molecule has 10 heteroatoms. The molecule has 0 aromatic heterocycles. The molecule has 0 aliphatic carbocycles. The summed E-state index contributed by atoms with van der Waals surface area (Å²) < 4.78 is 33.1. The van der Waals surface area contributed by atoms with Crippen molar-refractivity contribution in [1.82, 2.24) is 5.32 Å². The fourth-order valence-corrected chi connectivity index (χ4v) is 6.78. The number of hydrogen-bond donors (Lipinski definition) is 2. The highest BCUT2D eigenvalue weighted by Crippen LogP contribution is 2.43. The van der Waals surface area contributed by atoms with Crippen molar-refractivity contribution in [2.45, 2.75) is 213 Å². The minimum Gasteiger partial charge on any atom is -0.462 e. The van der Waals surface area contributed by atoms with E-state index in [1.54, 1.807) is 7.05 Å². The largest absolute Gasteiger partial charge is 0.472 e. The number of hydrogen-bond acceptors (Lipinski definition) is 8. The second-order valence-corrected chi connectivity index (χ2v) is 15.6. The maximum absolute atomic E-state index is 12.6. The van der Waals surface area contributed by atoms with Gasteiger partial charge in [-0.05, 0) is 19.9 Å². The molecule has 0 heterocycles. The number of carbonyl (C=O) groups excluding carboxylic acids is 2. The second-order valence-electron chi connectivity index (χ2n) is 14.2. The third-order valence-electron chi connectivity index (χ3n) is 9.23. The number of ether oxygens (including phenoxy) is 2. The van der Waals surface area contributed by atoms with E-state index in [-0.39, 0.29) is 25.6 Å². The van der Waals surface area contributed by atoms with Crippen LogP contribution in [0, 0.1) is 0 Å². The van der Waals surface area contributed by atoms with Crippen molar-refractivity contribution in [2.24, 2.45) is 0 Å². The SMILES string of the molecule is CCCCCCCCCCCCCCCCCCCC(=O)OCC(COP(=O)(O)OCCNC)OC(=O)CCCCCCCCCCCCC. The Balaban J connectivity index is 4.15. The maximum Gasteiger partial charge on any atom is 0.472 e. The van der Waals surface area contributed by atoms with Gasteiger partial charge in [0.15, 0.2) is 6.10 Å². The minimum atomic E-state index is -4.34. The quantitative estimate of drug-likeness (QED) is 0.0360. The van der Waals surface area contributed by atoms with E-state index in [1.807, 2.05) is 0 Å². The van der Waals surface area contributed by atoms with Gasteiger partial charge < -0.3 is 19.7 Å². The molecule has 2 atom stereocenters. The Morgan fingerprint density at radius 2 is 0.900 bits per heavy atom. The molecule has 0 aromatic rings. The summed E-state index contributed by atoms with van der Waals surface area (Å²) in [6.07, 6.45) is 34.3. The van der Waals surface area contributed by atoms with Gasteiger partial charge in [0.1, 0.15) is 6.61 Å². The highest BCUT2D eigenvalue weighted by Gasteiger charge is 2.26. The molecule has 0 aromatic carbocycles. The lowest BCUT2D eigenvalue weighted by Crippen LogP contribution is -2.29. The highest BCUT2D eigenvalue weighted by molar-refractivity contribution is 7.47. The monoisotopic (exact) mass is 734 g/mol.